The van der Waals surface area contributed by atoms with E-state index >= 15 is 0 Å². The molecule has 2 rings (SSSR count). The molecule has 0 spiro atoms. The molecule has 12 heavy (non-hydrogen) atoms. The molecular formula is C10H8IN. The quantitative estimate of drug-likeness (QED) is 0.669. The number of benzene rings is 1. The monoisotopic (exact) mass is 269 g/mol. The van der Waals surface area contributed by atoms with E-state index in [1.165, 1.54) is 14.5 Å². The Labute approximate surface area is 85.0 Å². The number of nitrogens with zero attached hydrogens (tertiary/aromatic N) is 1. The molecule has 2 aromatic rings. The van der Waals surface area contributed by atoms with E-state index in [1.54, 1.807) is 0 Å². The summed E-state index contributed by atoms with van der Waals surface area (Å²) in [6, 6.07) is 8.36. The van der Waals surface area contributed by atoms with Crippen molar-refractivity contribution in [1.29, 1.82) is 0 Å². The Kier molecular flexibility index (Phi) is 2.00. The highest BCUT2D eigenvalue weighted by molar-refractivity contribution is 14.1. The van der Waals surface area contributed by atoms with Crippen LogP contribution in [0, 0.1) is 10.5 Å². The van der Waals surface area contributed by atoms with Gasteiger partial charge in [0.15, 0.2) is 0 Å². The van der Waals surface area contributed by atoms with Gasteiger partial charge in [-0.2, -0.15) is 0 Å². The van der Waals surface area contributed by atoms with E-state index in [1.807, 2.05) is 18.3 Å². The minimum Gasteiger partial charge on any atom is -0.255 e. The molecule has 1 heterocycles. The summed E-state index contributed by atoms with van der Waals surface area (Å²) in [5.74, 6) is 0. The molecular weight excluding hydrogens is 261 g/mol. The van der Waals surface area contributed by atoms with Gasteiger partial charge in [-0.15, -0.1) is 0 Å². The number of aryl methyl sites for hydroxylation is 1. The molecule has 0 radical (unpaired) electrons. The van der Waals surface area contributed by atoms with Crippen molar-refractivity contribution in [1.82, 2.24) is 4.98 Å². The fourth-order valence-corrected chi connectivity index (χ4v) is 1.72. The van der Waals surface area contributed by atoms with Gasteiger partial charge in [0.25, 0.3) is 0 Å². The first-order valence-electron chi connectivity index (χ1n) is 3.78. The Balaban J connectivity index is 2.88. The third-order valence-electron chi connectivity index (χ3n) is 1.91. The van der Waals surface area contributed by atoms with Crippen molar-refractivity contribution in [3.05, 3.63) is 39.6 Å². The van der Waals surface area contributed by atoms with Crippen molar-refractivity contribution >= 4 is 33.5 Å². The summed E-state index contributed by atoms with van der Waals surface area (Å²) in [6.07, 6.45) is 1.89. The van der Waals surface area contributed by atoms with Crippen molar-refractivity contribution in [2.45, 2.75) is 6.92 Å². The van der Waals surface area contributed by atoms with E-state index in [2.05, 4.69) is 46.6 Å². The number of pyridine rings is 1. The van der Waals surface area contributed by atoms with Crippen LogP contribution in [0.25, 0.3) is 10.9 Å². The van der Waals surface area contributed by atoms with E-state index < -0.39 is 0 Å². The second kappa shape index (κ2) is 3.01. The SMILES string of the molecule is Cc1cccc2ncc(I)cc12. The van der Waals surface area contributed by atoms with Crippen molar-refractivity contribution in [3.8, 4) is 0 Å². The van der Waals surface area contributed by atoms with Crippen molar-refractivity contribution < 1.29 is 0 Å². The maximum absolute atomic E-state index is 4.33. The highest BCUT2D eigenvalue weighted by Crippen LogP contribution is 2.17. The summed E-state index contributed by atoms with van der Waals surface area (Å²) in [5.41, 5.74) is 2.37. The molecule has 1 aromatic carbocycles. The van der Waals surface area contributed by atoms with Gasteiger partial charge in [0.05, 0.1) is 5.52 Å². The summed E-state index contributed by atoms with van der Waals surface area (Å²) < 4.78 is 1.19. The second-order valence-electron chi connectivity index (χ2n) is 2.80. The van der Waals surface area contributed by atoms with Crippen LogP contribution < -0.4 is 0 Å². The summed E-state index contributed by atoms with van der Waals surface area (Å²) >= 11 is 2.28. The first-order chi connectivity index (χ1) is 5.77. The zero-order valence-corrected chi connectivity index (χ0v) is 8.87. The maximum atomic E-state index is 4.33. The molecule has 0 unspecified atom stereocenters. The topological polar surface area (TPSA) is 12.9 Å². The molecule has 0 aliphatic carbocycles. The minimum absolute atomic E-state index is 1.08. The van der Waals surface area contributed by atoms with E-state index in [9.17, 15) is 0 Å². The predicted molar refractivity (Wildman–Crippen MR) is 59.2 cm³/mol. The van der Waals surface area contributed by atoms with E-state index in [4.69, 9.17) is 0 Å². The van der Waals surface area contributed by atoms with Gasteiger partial charge in [0.2, 0.25) is 0 Å². The van der Waals surface area contributed by atoms with Crippen LogP contribution in [-0.2, 0) is 0 Å². The molecule has 0 bridgehead atoms. The number of fused-ring (bicyclic) bond motifs is 1. The van der Waals surface area contributed by atoms with Crippen LogP contribution in [0.1, 0.15) is 5.56 Å². The largest absolute Gasteiger partial charge is 0.255 e. The van der Waals surface area contributed by atoms with E-state index in [0.29, 0.717) is 0 Å². The third-order valence-corrected chi connectivity index (χ3v) is 2.50. The molecule has 0 aliphatic rings. The zero-order valence-electron chi connectivity index (χ0n) is 6.71. The molecule has 0 N–H and O–H groups in total. The van der Waals surface area contributed by atoms with Crippen LogP contribution in [0.2, 0.25) is 0 Å². The first-order valence-corrected chi connectivity index (χ1v) is 4.86. The summed E-state index contributed by atoms with van der Waals surface area (Å²) in [6.45, 7) is 2.11. The molecule has 0 atom stereocenters. The first kappa shape index (κ1) is 7.98. The highest BCUT2D eigenvalue weighted by atomic mass is 127. The third kappa shape index (κ3) is 1.31. The average molecular weight is 269 g/mol. The molecule has 1 nitrogen and oxygen atoms in total. The van der Waals surface area contributed by atoms with Gasteiger partial charge in [-0.3, -0.25) is 4.98 Å². The van der Waals surface area contributed by atoms with Crippen LogP contribution in [0.15, 0.2) is 30.5 Å². The van der Waals surface area contributed by atoms with Crippen molar-refractivity contribution in [2.24, 2.45) is 0 Å². The second-order valence-corrected chi connectivity index (χ2v) is 4.04. The van der Waals surface area contributed by atoms with Gasteiger partial charge in [-0.1, -0.05) is 12.1 Å². The lowest BCUT2D eigenvalue weighted by atomic mass is 10.1. The Morgan fingerprint density at radius 3 is 3.00 bits per heavy atom. The Morgan fingerprint density at radius 1 is 1.33 bits per heavy atom. The molecule has 2 heteroatoms. The van der Waals surface area contributed by atoms with Gasteiger partial charge in [0, 0.05) is 15.2 Å². The van der Waals surface area contributed by atoms with Gasteiger partial charge in [0.1, 0.15) is 0 Å². The maximum Gasteiger partial charge on any atom is 0.0705 e. The number of halogens is 1. The number of hydrogen-bond donors (Lipinski definition) is 0. The number of aromatic nitrogens is 1. The summed E-state index contributed by atoms with van der Waals surface area (Å²) in [5, 5.41) is 1.25. The minimum atomic E-state index is 1.08. The number of rotatable bonds is 0. The van der Waals surface area contributed by atoms with E-state index in [-0.39, 0.29) is 0 Å². The lowest BCUT2D eigenvalue weighted by Gasteiger charge is -2.00. The molecule has 60 valence electrons. The lowest BCUT2D eigenvalue weighted by Crippen LogP contribution is -1.82. The van der Waals surface area contributed by atoms with Gasteiger partial charge in [-0.25, -0.2) is 0 Å². The van der Waals surface area contributed by atoms with Gasteiger partial charge >= 0.3 is 0 Å². The fraction of sp³-hybridized carbons (Fsp3) is 0.100. The van der Waals surface area contributed by atoms with Crippen LogP contribution in [0.4, 0.5) is 0 Å². The Hall–Kier alpha value is -0.640. The van der Waals surface area contributed by atoms with Crippen LogP contribution in [-0.4, -0.2) is 4.98 Å². The van der Waals surface area contributed by atoms with Crippen LogP contribution in [0.5, 0.6) is 0 Å². The smallest absolute Gasteiger partial charge is 0.0705 e. The van der Waals surface area contributed by atoms with Crippen molar-refractivity contribution in [2.75, 3.05) is 0 Å². The zero-order chi connectivity index (χ0) is 8.55. The average Bonchev–Trinajstić information content (AvgIpc) is 2.07. The standard InChI is InChI=1S/C10H8IN/c1-7-3-2-4-10-9(7)5-8(11)6-12-10/h2-6H,1H3. The Morgan fingerprint density at radius 2 is 2.17 bits per heavy atom. The van der Waals surface area contributed by atoms with Gasteiger partial charge in [-0.05, 0) is 47.2 Å². The fourth-order valence-electron chi connectivity index (χ4n) is 1.27. The van der Waals surface area contributed by atoms with Crippen molar-refractivity contribution in [3.63, 3.8) is 0 Å². The van der Waals surface area contributed by atoms with Gasteiger partial charge < -0.3 is 0 Å². The Bertz CT molecular complexity index is 423. The molecule has 0 saturated carbocycles. The highest BCUT2D eigenvalue weighted by Gasteiger charge is 1.97. The normalized spacial score (nSPS) is 10.5. The van der Waals surface area contributed by atoms with E-state index in [0.717, 1.165) is 5.52 Å². The lowest BCUT2D eigenvalue weighted by molar-refractivity contribution is 1.37. The molecule has 1 aromatic heterocycles. The molecule has 0 saturated heterocycles. The molecule has 0 amide bonds. The number of hydrogen-bond acceptors (Lipinski definition) is 1. The molecule has 0 fully saturated rings. The van der Waals surface area contributed by atoms with Crippen LogP contribution in [0.3, 0.4) is 0 Å². The molecule has 0 aliphatic heterocycles. The summed E-state index contributed by atoms with van der Waals surface area (Å²) in [7, 11) is 0. The predicted octanol–water partition coefficient (Wildman–Crippen LogP) is 3.15. The van der Waals surface area contributed by atoms with Crippen LogP contribution >= 0.6 is 22.6 Å². The summed E-state index contributed by atoms with van der Waals surface area (Å²) in [4.78, 5) is 4.33.